The van der Waals surface area contributed by atoms with Gasteiger partial charge in [0, 0.05) is 5.56 Å². The summed E-state index contributed by atoms with van der Waals surface area (Å²) in [4.78, 5) is 15.2. The summed E-state index contributed by atoms with van der Waals surface area (Å²) in [5.74, 6) is 0.987. The van der Waals surface area contributed by atoms with Gasteiger partial charge in [0.1, 0.15) is 10.9 Å². The Bertz CT molecular complexity index is 1310. The molecule has 1 saturated heterocycles. The van der Waals surface area contributed by atoms with Crippen LogP contribution in [-0.4, -0.2) is 22.2 Å². The molecule has 1 aliphatic heterocycles. The first kappa shape index (κ1) is 23.6. The first-order valence-corrected chi connectivity index (χ1v) is 11.8. The molecular formula is C27H22N2O3S2. The number of carbonyl (C=O) groups is 1. The van der Waals surface area contributed by atoms with Gasteiger partial charge in [-0.25, -0.2) is 0 Å². The van der Waals surface area contributed by atoms with Crippen LogP contribution in [0.25, 0.3) is 6.08 Å². The van der Waals surface area contributed by atoms with Gasteiger partial charge in [-0.05, 0) is 42.3 Å². The van der Waals surface area contributed by atoms with Crippen molar-refractivity contribution < 1.29 is 14.3 Å². The standard InChI is InChI=1S/C27H22N2O3S2/c1-18-7-9-19(10-8-18)16-29-26(30)25(34-27(29)33)14-20-11-12-23(24(13-20)31-2)32-17-22-6-4-3-5-21(22)15-28/h3-14H,16-17H2,1-2H3. The van der Waals surface area contributed by atoms with Gasteiger partial charge < -0.3 is 9.47 Å². The molecule has 0 N–H and O–H groups in total. The zero-order valence-electron chi connectivity index (χ0n) is 18.8. The van der Waals surface area contributed by atoms with E-state index in [1.807, 2.05) is 67.6 Å². The van der Waals surface area contributed by atoms with Crippen molar-refractivity contribution in [3.8, 4) is 17.6 Å². The molecule has 7 heteroatoms. The minimum Gasteiger partial charge on any atom is -0.493 e. The molecule has 1 heterocycles. The van der Waals surface area contributed by atoms with Gasteiger partial charge in [-0.3, -0.25) is 9.69 Å². The molecule has 1 fully saturated rings. The average molecular weight is 487 g/mol. The minimum atomic E-state index is -0.108. The Kier molecular flexibility index (Phi) is 7.31. The maximum absolute atomic E-state index is 13.0. The summed E-state index contributed by atoms with van der Waals surface area (Å²) in [6, 6.07) is 23.0. The largest absolute Gasteiger partial charge is 0.493 e. The second-order valence-corrected chi connectivity index (χ2v) is 9.40. The van der Waals surface area contributed by atoms with Gasteiger partial charge in [0.05, 0.1) is 30.2 Å². The Balaban J connectivity index is 1.49. The highest BCUT2D eigenvalue weighted by molar-refractivity contribution is 8.26. The molecule has 3 aromatic rings. The van der Waals surface area contributed by atoms with Gasteiger partial charge in [0.25, 0.3) is 5.91 Å². The van der Waals surface area contributed by atoms with E-state index in [-0.39, 0.29) is 12.5 Å². The van der Waals surface area contributed by atoms with E-state index in [1.165, 1.54) is 17.3 Å². The maximum atomic E-state index is 13.0. The number of carbonyl (C=O) groups excluding carboxylic acids is 1. The van der Waals surface area contributed by atoms with E-state index in [0.717, 1.165) is 16.7 Å². The Morgan fingerprint density at radius 1 is 1.09 bits per heavy atom. The van der Waals surface area contributed by atoms with Crippen LogP contribution in [0.4, 0.5) is 0 Å². The highest BCUT2D eigenvalue weighted by Gasteiger charge is 2.32. The van der Waals surface area contributed by atoms with Crippen LogP contribution in [-0.2, 0) is 17.9 Å². The Morgan fingerprint density at radius 2 is 1.85 bits per heavy atom. The van der Waals surface area contributed by atoms with E-state index in [0.29, 0.717) is 32.8 Å². The zero-order chi connectivity index (χ0) is 24.1. The summed E-state index contributed by atoms with van der Waals surface area (Å²) in [5, 5.41) is 9.26. The number of nitrogens with zero attached hydrogens (tertiary/aromatic N) is 2. The fourth-order valence-electron chi connectivity index (χ4n) is 3.47. The molecule has 34 heavy (non-hydrogen) atoms. The topological polar surface area (TPSA) is 62.6 Å². The van der Waals surface area contributed by atoms with Gasteiger partial charge >= 0.3 is 0 Å². The van der Waals surface area contributed by atoms with Crippen molar-refractivity contribution in [2.75, 3.05) is 7.11 Å². The van der Waals surface area contributed by atoms with Crippen LogP contribution in [0, 0.1) is 18.3 Å². The van der Waals surface area contributed by atoms with Crippen molar-refractivity contribution in [2.45, 2.75) is 20.1 Å². The van der Waals surface area contributed by atoms with Gasteiger partial charge in [0.15, 0.2) is 11.5 Å². The fraction of sp³-hybridized carbons (Fsp3) is 0.148. The number of benzene rings is 3. The molecular weight excluding hydrogens is 464 g/mol. The lowest BCUT2D eigenvalue weighted by atomic mass is 10.1. The van der Waals surface area contributed by atoms with Crippen molar-refractivity contribution in [1.82, 2.24) is 4.90 Å². The minimum absolute atomic E-state index is 0.108. The van der Waals surface area contributed by atoms with Crippen molar-refractivity contribution in [1.29, 1.82) is 5.26 Å². The Morgan fingerprint density at radius 3 is 2.59 bits per heavy atom. The van der Waals surface area contributed by atoms with Crippen LogP contribution in [0.3, 0.4) is 0 Å². The highest BCUT2D eigenvalue weighted by Crippen LogP contribution is 2.35. The second-order valence-electron chi connectivity index (χ2n) is 7.72. The molecule has 0 aromatic heterocycles. The van der Waals surface area contributed by atoms with Crippen molar-refractivity contribution in [3.63, 3.8) is 0 Å². The molecule has 4 rings (SSSR count). The number of nitriles is 1. The lowest BCUT2D eigenvalue weighted by Crippen LogP contribution is -2.27. The molecule has 0 radical (unpaired) electrons. The van der Waals surface area contributed by atoms with Crippen LogP contribution in [0.2, 0.25) is 0 Å². The van der Waals surface area contributed by atoms with Crippen LogP contribution in [0.5, 0.6) is 11.5 Å². The number of amides is 1. The summed E-state index contributed by atoms with van der Waals surface area (Å²) in [5.41, 5.74) is 4.38. The summed E-state index contributed by atoms with van der Waals surface area (Å²) in [6.07, 6.45) is 1.81. The summed E-state index contributed by atoms with van der Waals surface area (Å²) < 4.78 is 12.0. The summed E-state index contributed by atoms with van der Waals surface area (Å²) in [6.45, 7) is 2.72. The predicted octanol–water partition coefficient (Wildman–Crippen LogP) is 5.86. The number of thiocarbonyl (C=S) groups is 1. The number of hydrogen-bond donors (Lipinski definition) is 0. The Labute approximate surface area is 208 Å². The average Bonchev–Trinajstić information content (AvgIpc) is 3.11. The predicted molar refractivity (Wildman–Crippen MR) is 138 cm³/mol. The Hall–Kier alpha value is -3.60. The molecule has 0 saturated carbocycles. The highest BCUT2D eigenvalue weighted by atomic mass is 32.2. The normalized spacial score (nSPS) is 14.4. The zero-order valence-corrected chi connectivity index (χ0v) is 20.4. The molecule has 170 valence electrons. The van der Waals surface area contributed by atoms with Gasteiger partial charge in [-0.2, -0.15) is 5.26 Å². The van der Waals surface area contributed by atoms with Crippen LogP contribution >= 0.6 is 24.0 Å². The number of ether oxygens (including phenoxy) is 2. The van der Waals surface area contributed by atoms with Crippen molar-refractivity contribution >= 4 is 40.3 Å². The van der Waals surface area contributed by atoms with E-state index >= 15 is 0 Å². The summed E-state index contributed by atoms with van der Waals surface area (Å²) >= 11 is 6.76. The molecule has 0 unspecified atom stereocenters. The van der Waals surface area contributed by atoms with Gasteiger partial charge in [-0.1, -0.05) is 78.1 Å². The molecule has 1 amide bonds. The first-order valence-electron chi connectivity index (χ1n) is 10.6. The van der Waals surface area contributed by atoms with Crippen LogP contribution in [0.1, 0.15) is 27.8 Å². The van der Waals surface area contributed by atoms with Gasteiger partial charge in [-0.15, -0.1) is 0 Å². The van der Waals surface area contributed by atoms with Gasteiger partial charge in [0.2, 0.25) is 0 Å². The first-order chi connectivity index (χ1) is 16.5. The van der Waals surface area contributed by atoms with Crippen molar-refractivity contribution in [2.24, 2.45) is 0 Å². The number of hydrogen-bond acceptors (Lipinski definition) is 6. The molecule has 0 bridgehead atoms. The van der Waals surface area contributed by atoms with E-state index in [9.17, 15) is 10.1 Å². The SMILES string of the molecule is COc1cc(C=C2SC(=S)N(Cc3ccc(C)cc3)C2=O)ccc1OCc1ccccc1C#N. The number of methoxy groups -OCH3 is 1. The molecule has 1 aliphatic rings. The lowest BCUT2D eigenvalue weighted by Gasteiger charge is -2.14. The van der Waals surface area contributed by atoms with Crippen LogP contribution in [0.15, 0.2) is 71.6 Å². The van der Waals surface area contributed by atoms with Crippen LogP contribution < -0.4 is 9.47 Å². The smallest absolute Gasteiger partial charge is 0.266 e. The number of thioether (sulfide) groups is 1. The number of aryl methyl sites for hydroxylation is 1. The van der Waals surface area contributed by atoms with Crippen molar-refractivity contribution in [3.05, 3.63) is 99.5 Å². The third-order valence-corrected chi connectivity index (χ3v) is 6.72. The molecule has 5 nitrogen and oxygen atoms in total. The lowest BCUT2D eigenvalue weighted by molar-refractivity contribution is -0.122. The molecule has 0 aliphatic carbocycles. The second kappa shape index (κ2) is 10.6. The number of rotatable bonds is 7. The molecule has 3 aromatic carbocycles. The summed E-state index contributed by atoms with van der Waals surface area (Å²) in [7, 11) is 1.57. The monoisotopic (exact) mass is 486 g/mol. The van der Waals surface area contributed by atoms with E-state index in [2.05, 4.69) is 6.07 Å². The van der Waals surface area contributed by atoms with E-state index in [1.54, 1.807) is 24.1 Å². The van der Waals surface area contributed by atoms with E-state index < -0.39 is 0 Å². The molecule has 0 atom stereocenters. The quantitative estimate of drug-likeness (QED) is 0.308. The third-order valence-electron chi connectivity index (χ3n) is 5.34. The third kappa shape index (κ3) is 5.30. The maximum Gasteiger partial charge on any atom is 0.266 e. The van der Waals surface area contributed by atoms with E-state index in [4.69, 9.17) is 21.7 Å². The molecule has 0 spiro atoms. The fourth-order valence-corrected chi connectivity index (χ4v) is 4.72.